The highest BCUT2D eigenvalue weighted by Crippen LogP contribution is 2.31. The van der Waals surface area contributed by atoms with Crippen LogP contribution in [0.2, 0.25) is 0 Å². The molecule has 1 aromatic heterocycles. The van der Waals surface area contributed by atoms with Gasteiger partial charge in [0.1, 0.15) is 23.5 Å². The van der Waals surface area contributed by atoms with Crippen molar-refractivity contribution in [2.24, 2.45) is 11.8 Å². The Hall–Kier alpha value is -3.56. The van der Waals surface area contributed by atoms with E-state index in [4.69, 9.17) is 9.47 Å². The highest BCUT2D eigenvalue weighted by molar-refractivity contribution is 6.02. The Bertz CT molecular complexity index is 1140. The van der Waals surface area contributed by atoms with Gasteiger partial charge in [-0.3, -0.25) is 14.4 Å². The quantitative estimate of drug-likeness (QED) is 0.478. The van der Waals surface area contributed by atoms with Crippen LogP contribution in [-0.4, -0.2) is 73.0 Å². The minimum absolute atomic E-state index is 0.123. The molecular weight excluding hydrogens is 464 g/mol. The van der Waals surface area contributed by atoms with Crippen LogP contribution in [0.4, 0.5) is 0 Å². The van der Waals surface area contributed by atoms with Crippen LogP contribution in [-0.2, 0) is 19.1 Å². The van der Waals surface area contributed by atoms with Crippen LogP contribution < -0.4 is 15.4 Å². The maximum Gasteiger partial charge on any atom is 0.328 e. The van der Waals surface area contributed by atoms with Gasteiger partial charge in [0.05, 0.1) is 14.2 Å². The summed E-state index contributed by atoms with van der Waals surface area (Å²) in [4.78, 5) is 56.4. The van der Waals surface area contributed by atoms with E-state index in [0.717, 1.165) is 23.7 Å². The highest BCUT2D eigenvalue weighted by Gasteiger charge is 2.41. The molecule has 3 heterocycles. The van der Waals surface area contributed by atoms with Gasteiger partial charge in [-0.2, -0.15) is 0 Å². The smallest absolute Gasteiger partial charge is 0.328 e. The topological polar surface area (TPSA) is 130 Å². The second-order valence-corrected chi connectivity index (χ2v) is 9.54. The number of fused-ring (bicyclic) bond motifs is 1. The lowest BCUT2D eigenvalue weighted by Gasteiger charge is -2.28. The molecule has 2 aliphatic rings. The van der Waals surface area contributed by atoms with Gasteiger partial charge in [-0.1, -0.05) is 19.4 Å². The molecule has 2 aliphatic heterocycles. The number of amides is 3. The van der Waals surface area contributed by atoms with Crippen molar-refractivity contribution in [3.05, 3.63) is 30.0 Å². The summed E-state index contributed by atoms with van der Waals surface area (Å²) in [6.45, 7) is 3.08. The number of benzene rings is 1. The molecule has 2 saturated heterocycles. The maximum atomic E-state index is 13.6. The third kappa shape index (κ3) is 5.17. The van der Waals surface area contributed by atoms with E-state index in [0.29, 0.717) is 37.4 Å². The number of hydrogen-bond acceptors (Lipinski definition) is 6. The molecule has 10 nitrogen and oxygen atoms in total. The van der Waals surface area contributed by atoms with Crippen LogP contribution in [0.25, 0.3) is 10.9 Å². The number of nitrogens with one attached hydrogen (secondary N) is 3. The van der Waals surface area contributed by atoms with Gasteiger partial charge in [-0.05, 0) is 49.8 Å². The third-order valence-corrected chi connectivity index (χ3v) is 7.32. The minimum Gasteiger partial charge on any atom is -0.496 e. The third-order valence-electron chi connectivity index (χ3n) is 7.32. The minimum atomic E-state index is -0.966. The molecule has 0 bridgehead atoms. The molecule has 194 valence electrons. The van der Waals surface area contributed by atoms with E-state index < -0.39 is 24.0 Å². The average molecular weight is 499 g/mol. The molecule has 0 saturated carbocycles. The predicted octanol–water partition coefficient (Wildman–Crippen LogP) is 1.99. The molecule has 0 spiro atoms. The van der Waals surface area contributed by atoms with E-state index in [-0.39, 0.29) is 30.1 Å². The summed E-state index contributed by atoms with van der Waals surface area (Å²) in [7, 11) is 2.83. The summed E-state index contributed by atoms with van der Waals surface area (Å²) in [5.41, 5.74) is 1.13. The number of piperidine rings is 1. The molecule has 4 atom stereocenters. The van der Waals surface area contributed by atoms with E-state index in [2.05, 4.69) is 15.6 Å². The molecule has 3 amide bonds. The summed E-state index contributed by atoms with van der Waals surface area (Å²) < 4.78 is 10.3. The zero-order valence-electron chi connectivity index (χ0n) is 21.0. The number of carbonyl (C=O) groups is 4. The van der Waals surface area contributed by atoms with Gasteiger partial charge in [0, 0.05) is 29.9 Å². The molecule has 36 heavy (non-hydrogen) atoms. The number of aromatic nitrogens is 1. The number of nitrogens with zero attached hydrogens (tertiary/aromatic N) is 1. The zero-order valence-corrected chi connectivity index (χ0v) is 21.0. The molecule has 2 fully saturated rings. The lowest BCUT2D eigenvalue weighted by Crippen LogP contribution is -2.52. The van der Waals surface area contributed by atoms with Crippen molar-refractivity contribution in [2.75, 3.05) is 27.3 Å². The van der Waals surface area contributed by atoms with Crippen LogP contribution >= 0.6 is 0 Å². The first-order chi connectivity index (χ1) is 17.4. The first-order valence-electron chi connectivity index (χ1n) is 12.5. The summed E-state index contributed by atoms with van der Waals surface area (Å²) >= 11 is 0. The van der Waals surface area contributed by atoms with Crippen LogP contribution in [0, 0.1) is 11.8 Å². The van der Waals surface area contributed by atoms with Gasteiger partial charge in [0.25, 0.3) is 5.91 Å². The van der Waals surface area contributed by atoms with Gasteiger partial charge in [-0.15, -0.1) is 0 Å². The summed E-state index contributed by atoms with van der Waals surface area (Å²) in [5.74, 6) is -1.00. The van der Waals surface area contributed by atoms with Crippen LogP contribution in [0.15, 0.2) is 24.3 Å². The highest BCUT2D eigenvalue weighted by atomic mass is 16.5. The number of hydrogen-bond donors (Lipinski definition) is 3. The van der Waals surface area contributed by atoms with Crippen LogP contribution in [0.1, 0.15) is 49.5 Å². The molecular formula is C26H34N4O6. The molecule has 0 radical (unpaired) electrons. The van der Waals surface area contributed by atoms with Crippen LogP contribution in [0.3, 0.4) is 0 Å². The number of methoxy groups -OCH3 is 2. The number of carbonyl (C=O) groups excluding carboxylic acids is 4. The Kier molecular flexibility index (Phi) is 7.81. The van der Waals surface area contributed by atoms with Gasteiger partial charge in [0.2, 0.25) is 11.8 Å². The van der Waals surface area contributed by atoms with Crippen molar-refractivity contribution in [3.63, 3.8) is 0 Å². The standard InChI is InChI=1S/C26H34N4O6/c1-4-15-11-21(24(32)29-20(26(34)36-3)12-16-7-6-10-27-23(16)31)30(14-15)25(33)19-13-17-18(28-19)8-5-9-22(17)35-2/h5,8-9,13,15-16,20-21,28H,4,6-7,10-12,14H2,1-3H3,(H,27,31)(H,29,32)/t15-,16+,20+,21+/m1/s1. The largest absolute Gasteiger partial charge is 0.496 e. The van der Waals surface area contributed by atoms with Crippen molar-refractivity contribution in [1.29, 1.82) is 0 Å². The van der Waals surface area contributed by atoms with Gasteiger partial charge < -0.3 is 30.0 Å². The second kappa shape index (κ2) is 11.0. The van der Waals surface area contributed by atoms with Gasteiger partial charge in [0.15, 0.2) is 0 Å². The Morgan fingerprint density at radius 2 is 2.06 bits per heavy atom. The molecule has 0 unspecified atom stereocenters. The molecule has 10 heteroatoms. The lowest BCUT2D eigenvalue weighted by atomic mass is 9.91. The fourth-order valence-electron chi connectivity index (χ4n) is 5.24. The predicted molar refractivity (Wildman–Crippen MR) is 132 cm³/mol. The number of likely N-dealkylation sites (tertiary alicyclic amines) is 1. The monoisotopic (exact) mass is 498 g/mol. The first-order valence-corrected chi connectivity index (χ1v) is 12.5. The SMILES string of the molecule is CC[C@@H]1C[C@@H](C(=O)N[C@@H](C[C@@H]2CCCNC2=O)C(=O)OC)N(C(=O)c2cc3c(OC)cccc3[nH]2)C1. The van der Waals surface area contributed by atoms with Crippen molar-refractivity contribution in [2.45, 2.75) is 51.1 Å². The second-order valence-electron chi connectivity index (χ2n) is 9.54. The molecule has 4 rings (SSSR count). The Morgan fingerprint density at radius 1 is 1.25 bits per heavy atom. The average Bonchev–Trinajstić information content (AvgIpc) is 3.53. The number of ether oxygens (including phenoxy) is 2. The first kappa shape index (κ1) is 25.5. The van der Waals surface area contributed by atoms with Crippen molar-refractivity contribution < 1.29 is 28.7 Å². The summed E-state index contributed by atoms with van der Waals surface area (Å²) in [6.07, 6.45) is 2.93. The molecule has 3 N–H and O–H groups in total. The van der Waals surface area contributed by atoms with E-state index in [1.165, 1.54) is 7.11 Å². The summed E-state index contributed by atoms with van der Waals surface area (Å²) in [5, 5.41) is 6.38. The van der Waals surface area contributed by atoms with Crippen molar-refractivity contribution in [1.82, 2.24) is 20.5 Å². The number of rotatable bonds is 8. The van der Waals surface area contributed by atoms with E-state index in [1.807, 2.05) is 25.1 Å². The fourth-order valence-corrected chi connectivity index (χ4v) is 5.24. The lowest BCUT2D eigenvalue weighted by molar-refractivity contribution is -0.146. The van der Waals surface area contributed by atoms with Gasteiger partial charge >= 0.3 is 5.97 Å². The normalized spacial score (nSPS) is 22.7. The maximum absolute atomic E-state index is 13.6. The molecule has 2 aromatic rings. The van der Waals surface area contributed by atoms with E-state index >= 15 is 0 Å². The number of esters is 1. The Balaban J connectivity index is 1.54. The number of aromatic amines is 1. The number of H-pyrrole nitrogens is 1. The molecule has 1 aromatic carbocycles. The fraction of sp³-hybridized carbons (Fsp3) is 0.538. The van der Waals surface area contributed by atoms with Crippen molar-refractivity contribution in [3.8, 4) is 5.75 Å². The van der Waals surface area contributed by atoms with Crippen LogP contribution in [0.5, 0.6) is 5.75 Å². The Morgan fingerprint density at radius 3 is 2.75 bits per heavy atom. The van der Waals surface area contributed by atoms with E-state index in [1.54, 1.807) is 18.1 Å². The molecule has 0 aliphatic carbocycles. The summed E-state index contributed by atoms with van der Waals surface area (Å²) in [6, 6.07) is 5.56. The van der Waals surface area contributed by atoms with E-state index in [9.17, 15) is 19.2 Å². The van der Waals surface area contributed by atoms with Gasteiger partial charge in [-0.25, -0.2) is 4.79 Å². The Labute approximate surface area is 210 Å². The zero-order chi connectivity index (χ0) is 25.8. The van der Waals surface area contributed by atoms with Crippen molar-refractivity contribution >= 4 is 34.6 Å².